The molecule has 3 aromatic carbocycles. The van der Waals surface area contributed by atoms with Crippen LogP contribution in [0.2, 0.25) is 0 Å². The van der Waals surface area contributed by atoms with Gasteiger partial charge in [0.05, 0.1) is 18.8 Å². The highest BCUT2D eigenvalue weighted by atomic mass is 16.5. The van der Waals surface area contributed by atoms with Gasteiger partial charge in [-0.2, -0.15) is 0 Å². The summed E-state index contributed by atoms with van der Waals surface area (Å²) in [6.45, 7) is 1.59. The zero-order chi connectivity index (χ0) is 16.2. The highest BCUT2D eigenvalue weighted by Gasteiger charge is 2.40. The first-order valence-corrected chi connectivity index (χ1v) is 8.44. The Bertz CT molecular complexity index is 756. The van der Waals surface area contributed by atoms with Gasteiger partial charge in [-0.15, -0.1) is 0 Å². The zero-order valence-electron chi connectivity index (χ0n) is 13.6. The Kier molecular flexibility index (Phi) is 4.30. The first-order valence-electron chi connectivity index (χ1n) is 8.44. The summed E-state index contributed by atoms with van der Waals surface area (Å²) in [5.74, 6) is 0. The van der Waals surface area contributed by atoms with Crippen LogP contribution in [0.5, 0.6) is 0 Å². The number of hydrogen-bond donors (Lipinski definition) is 0. The van der Waals surface area contributed by atoms with Crippen molar-refractivity contribution in [2.24, 2.45) is 0 Å². The zero-order valence-corrected chi connectivity index (χ0v) is 13.6. The second kappa shape index (κ2) is 6.90. The van der Waals surface area contributed by atoms with E-state index in [0.717, 1.165) is 6.54 Å². The van der Waals surface area contributed by atoms with Crippen molar-refractivity contribution in [1.29, 1.82) is 0 Å². The number of anilines is 1. The van der Waals surface area contributed by atoms with Gasteiger partial charge in [-0.3, -0.25) is 0 Å². The van der Waals surface area contributed by atoms with Gasteiger partial charge in [0, 0.05) is 12.2 Å². The van der Waals surface area contributed by atoms with Gasteiger partial charge >= 0.3 is 0 Å². The summed E-state index contributed by atoms with van der Waals surface area (Å²) in [7, 11) is 0. The average Bonchev–Trinajstić information content (AvgIpc) is 2.63. The van der Waals surface area contributed by atoms with E-state index in [-0.39, 0.29) is 12.1 Å². The Labute approximate surface area is 143 Å². The highest BCUT2D eigenvalue weighted by Crippen LogP contribution is 2.39. The van der Waals surface area contributed by atoms with Crippen LogP contribution in [0.15, 0.2) is 91.0 Å². The summed E-state index contributed by atoms with van der Waals surface area (Å²) in [5, 5.41) is 0. The molecule has 0 radical (unpaired) electrons. The Morgan fingerprint density at radius 2 is 1.33 bits per heavy atom. The largest absolute Gasteiger partial charge is 0.369 e. The van der Waals surface area contributed by atoms with Crippen LogP contribution in [0, 0.1) is 0 Å². The molecule has 0 bridgehead atoms. The van der Waals surface area contributed by atoms with Crippen LogP contribution in [0.25, 0.3) is 0 Å². The van der Waals surface area contributed by atoms with Gasteiger partial charge in [-0.25, -0.2) is 0 Å². The maximum atomic E-state index is 6.24. The summed E-state index contributed by atoms with van der Waals surface area (Å²) in [4.78, 5) is 2.42. The molecule has 0 spiro atoms. The van der Waals surface area contributed by atoms with E-state index in [1.54, 1.807) is 0 Å². The van der Waals surface area contributed by atoms with Gasteiger partial charge in [0.2, 0.25) is 0 Å². The molecule has 4 rings (SSSR count). The number of benzene rings is 3. The molecule has 120 valence electrons. The maximum Gasteiger partial charge on any atom is 0.0999 e. The molecular formula is C22H21NO. The van der Waals surface area contributed by atoms with Crippen molar-refractivity contribution < 1.29 is 4.74 Å². The first kappa shape index (κ1) is 15.0. The third-order valence-electron chi connectivity index (χ3n) is 4.60. The van der Waals surface area contributed by atoms with Gasteiger partial charge in [0.1, 0.15) is 0 Å². The third-order valence-corrected chi connectivity index (χ3v) is 4.60. The lowest BCUT2D eigenvalue weighted by molar-refractivity contribution is -0.00973. The highest BCUT2D eigenvalue weighted by molar-refractivity contribution is 5.53. The van der Waals surface area contributed by atoms with Gasteiger partial charge in [0.25, 0.3) is 0 Å². The SMILES string of the molecule is c1ccc(CO[C@@H]2CN(c3ccccc3)[C@@H]2c2ccccc2)cc1. The van der Waals surface area contributed by atoms with Crippen molar-refractivity contribution in [1.82, 2.24) is 0 Å². The van der Waals surface area contributed by atoms with Gasteiger partial charge < -0.3 is 9.64 Å². The molecule has 0 aliphatic carbocycles. The fraction of sp³-hybridized carbons (Fsp3) is 0.182. The Morgan fingerprint density at radius 1 is 0.750 bits per heavy atom. The van der Waals surface area contributed by atoms with Crippen LogP contribution in [0.1, 0.15) is 17.2 Å². The van der Waals surface area contributed by atoms with E-state index in [1.165, 1.54) is 16.8 Å². The molecule has 0 saturated carbocycles. The minimum atomic E-state index is 0.216. The van der Waals surface area contributed by atoms with Crippen LogP contribution in [0.3, 0.4) is 0 Å². The third kappa shape index (κ3) is 3.06. The molecule has 1 aliphatic rings. The molecule has 3 aromatic rings. The molecule has 0 amide bonds. The number of ether oxygens (including phenoxy) is 1. The summed E-state index contributed by atoms with van der Waals surface area (Å²) in [6, 6.07) is 31.9. The summed E-state index contributed by atoms with van der Waals surface area (Å²) in [5.41, 5.74) is 3.79. The predicted octanol–water partition coefficient (Wildman–Crippen LogP) is 4.83. The second-order valence-electron chi connectivity index (χ2n) is 6.18. The summed E-state index contributed by atoms with van der Waals surface area (Å²) < 4.78 is 6.24. The molecule has 1 heterocycles. The van der Waals surface area contributed by atoms with E-state index in [2.05, 4.69) is 89.8 Å². The minimum Gasteiger partial charge on any atom is -0.369 e. The lowest BCUT2D eigenvalue weighted by Crippen LogP contribution is -2.55. The van der Waals surface area contributed by atoms with Crippen LogP contribution < -0.4 is 4.90 Å². The topological polar surface area (TPSA) is 12.5 Å². The fourth-order valence-corrected chi connectivity index (χ4v) is 3.32. The van der Waals surface area contributed by atoms with E-state index >= 15 is 0 Å². The standard InChI is InChI=1S/C22H21NO/c1-4-10-18(11-5-1)17-24-21-16-23(20-14-8-3-9-15-20)22(21)19-12-6-2-7-13-19/h1-15,21-22H,16-17H2/t21-,22-/m1/s1. The Morgan fingerprint density at radius 3 is 2.00 bits per heavy atom. The molecule has 0 unspecified atom stereocenters. The van der Waals surface area contributed by atoms with E-state index in [0.29, 0.717) is 6.61 Å². The van der Waals surface area contributed by atoms with Crippen molar-refractivity contribution >= 4 is 5.69 Å². The van der Waals surface area contributed by atoms with Crippen molar-refractivity contribution in [3.05, 3.63) is 102 Å². The molecule has 24 heavy (non-hydrogen) atoms. The fourth-order valence-electron chi connectivity index (χ4n) is 3.32. The van der Waals surface area contributed by atoms with Crippen LogP contribution in [-0.2, 0) is 11.3 Å². The number of nitrogens with zero attached hydrogens (tertiary/aromatic N) is 1. The molecule has 0 N–H and O–H groups in total. The minimum absolute atomic E-state index is 0.216. The predicted molar refractivity (Wildman–Crippen MR) is 98.0 cm³/mol. The van der Waals surface area contributed by atoms with Crippen LogP contribution in [0.4, 0.5) is 5.69 Å². The number of para-hydroxylation sites is 1. The van der Waals surface area contributed by atoms with Gasteiger partial charge in [0.15, 0.2) is 0 Å². The molecule has 1 saturated heterocycles. The van der Waals surface area contributed by atoms with E-state index in [1.807, 2.05) is 6.07 Å². The molecular weight excluding hydrogens is 294 g/mol. The lowest BCUT2D eigenvalue weighted by Gasteiger charge is -2.49. The van der Waals surface area contributed by atoms with Crippen LogP contribution >= 0.6 is 0 Å². The second-order valence-corrected chi connectivity index (χ2v) is 6.18. The molecule has 2 heteroatoms. The van der Waals surface area contributed by atoms with E-state index in [9.17, 15) is 0 Å². The lowest BCUT2D eigenvalue weighted by atomic mass is 9.90. The molecule has 1 aliphatic heterocycles. The Balaban J connectivity index is 1.52. The van der Waals surface area contributed by atoms with Crippen molar-refractivity contribution in [3.8, 4) is 0 Å². The monoisotopic (exact) mass is 315 g/mol. The molecule has 2 nitrogen and oxygen atoms in total. The summed E-state index contributed by atoms with van der Waals surface area (Å²) >= 11 is 0. The van der Waals surface area contributed by atoms with Crippen LogP contribution in [-0.4, -0.2) is 12.6 Å². The van der Waals surface area contributed by atoms with E-state index in [4.69, 9.17) is 4.74 Å². The van der Waals surface area contributed by atoms with Gasteiger partial charge in [-0.1, -0.05) is 78.9 Å². The van der Waals surface area contributed by atoms with Crippen molar-refractivity contribution in [2.45, 2.75) is 18.8 Å². The maximum absolute atomic E-state index is 6.24. The number of rotatable bonds is 5. The summed E-state index contributed by atoms with van der Waals surface area (Å²) in [6.07, 6.45) is 0.216. The average molecular weight is 315 g/mol. The van der Waals surface area contributed by atoms with Crippen molar-refractivity contribution in [3.63, 3.8) is 0 Å². The smallest absolute Gasteiger partial charge is 0.0999 e. The van der Waals surface area contributed by atoms with Crippen molar-refractivity contribution in [2.75, 3.05) is 11.4 Å². The first-order chi connectivity index (χ1) is 11.9. The quantitative estimate of drug-likeness (QED) is 0.668. The Hall–Kier alpha value is -2.58. The number of hydrogen-bond acceptors (Lipinski definition) is 2. The normalized spacial score (nSPS) is 19.8. The van der Waals surface area contributed by atoms with E-state index < -0.39 is 0 Å². The molecule has 0 aromatic heterocycles. The molecule has 2 atom stereocenters. The van der Waals surface area contributed by atoms with Gasteiger partial charge in [-0.05, 0) is 23.3 Å². The molecule has 1 fully saturated rings.